The van der Waals surface area contributed by atoms with E-state index in [0.717, 1.165) is 18.2 Å². The summed E-state index contributed by atoms with van der Waals surface area (Å²) in [6.07, 6.45) is 3.13. The second-order valence-corrected chi connectivity index (χ2v) is 5.83. The molecule has 0 saturated heterocycles. The number of hydrogen-bond acceptors (Lipinski definition) is 2. The highest BCUT2D eigenvalue weighted by molar-refractivity contribution is 9.09. The van der Waals surface area contributed by atoms with Gasteiger partial charge < -0.3 is 0 Å². The fourth-order valence-electron chi connectivity index (χ4n) is 1.02. The Balaban J connectivity index is 4.27. The summed E-state index contributed by atoms with van der Waals surface area (Å²) in [7, 11) is -3.06. The number of nitrogens with one attached hydrogen (secondary N) is 1. The molecule has 80 valence electrons. The summed E-state index contributed by atoms with van der Waals surface area (Å²) >= 11 is 3.43. The molecule has 0 aromatic carbocycles. The maximum atomic E-state index is 10.9. The van der Waals surface area contributed by atoms with Gasteiger partial charge in [0.2, 0.25) is 10.0 Å². The molecule has 13 heavy (non-hydrogen) atoms. The predicted octanol–water partition coefficient (Wildman–Crippen LogP) is 1.74. The SMILES string of the molecule is CCC(CC)(CBr)CNS(C)(=O)=O. The van der Waals surface area contributed by atoms with Crippen LogP contribution in [0.2, 0.25) is 0 Å². The van der Waals surface area contributed by atoms with Crippen molar-refractivity contribution >= 4 is 26.0 Å². The lowest BCUT2D eigenvalue weighted by molar-refractivity contribution is 0.310. The number of halogens is 1. The Kier molecular flexibility index (Phi) is 5.47. The maximum absolute atomic E-state index is 10.9. The van der Waals surface area contributed by atoms with Gasteiger partial charge in [-0.3, -0.25) is 0 Å². The Morgan fingerprint density at radius 1 is 1.31 bits per heavy atom. The molecule has 0 unspecified atom stereocenters. The lowest BCUT2D eigenvalue weighted by Gasteiger charge is -2.29. The molecule has 0 aliphatic rings. The minimum atomic E-state index is -3.06. The van der Waals surface area contributed by atoms with Crippen LogP contribution in [0.3, 0.4) is 0 Å². The van der Waals surface area contributed by atoms with Crippen LogP contribution in [0, 0.1) is 5.41 Å². The number of alkyl halides is 1. The molecule has 0 aromatic heterocycles. The Bertz CT molecular complexity index is 226. The highest BCUT2D eigenvalue weighted by Crippen LogP contribution is 2.27. The first-order chi connectivity index (χ1) is 5.89. The molecule has 0 atom stereocenters. The van der Waals surface area contributed by atoms with E-state index in [2.05, 4.69) is 34.5 Å². The van der Waals surface area contributed by atoms with Gasteiger partial charge in [0.15, 0.2) is 0 Å². The molecule has 0 bridgehead atoms. The molecule has 0 aliphatic heterocycles. The van der Waals surface area contributed by atoms with Crippen LogP contribution in [0.4, 0.5) is 0 Å². The van der Waals surface area contributed by atoms with Crippen LogP contribution in [-0.2, 0) is 10.0 Å². The van der Waals surface area contributed by atoms with E-state index < -0.39 is 10.0 Å². The molecule has 0 aliphatic carbocycles. The summed E-state index contributed by atoms with van der Waals surface area (Å²) in [4.78, 5) is 0. The van der Waals surface area contributed by atoms with Crippen LogP contribution >= 0.6 is 15.9 Å². The third-order valence-electron chi connectivity index (χ3n) is 2.49. The normalized spacial score (nSPS) is 13.2. The van der Waals surface area contributed by atoms with Crippen molar-refractivity contribution in [1.82, 2.24) is 4.72 Å². The van der Waals surface area contributed by atoms with Crippen LogP contribution in [0.5, 0.6) is 0 Å². The Hall–Kier alpha value is 0.390. The van der Waals surface area contributed by atoms with Crippen molar-refractivity contribution in [3.63, 3.8) is 0 Å². The van der Waals surface area contributed by atoms with Gasteiger partial charge in [-0.25, -0.2) is 13.1 Å². The molecular formula is C8H18BrNO2S. The second kappa shape index (κ2) is 5.32. The lowest BCUT2D eigenvalue weighted by Crippen LogP contribution is -2.37. The molecule has 0 heterocycles. The van der Waals surface area contributed by atoms with E-state index in [1.807, 2.05) is 0 Å². The highest BCUT2D eigenvalue weighted by atomic mass is 79.9. The van der Waals surface area contributed by atoms with E-state index in [4.69, 9.17) is 0 Å². The van der Waals surface area contributed by atoms with E-state index in [9.17, 15) is 8.42 Å². The zero-order chi connectivity index (χ0) is 10.5. The zero-order valence-corrected chi connectivity index (χ0v) is 10.8. The molecule has 0 rings (SSSR count). The standard InChI is InChI=1S/C8H18BrNO2S/c1-4-8(5-2,6-9)7-10-13(3,11)12/h10H,4-7H2,1-3H3. The van der Waals surface area contributed by atoms with Gasteiger partial charge in [0, 0.05) is 11.9 Å². The summed E-state index contributed by atoms with van der Waals surface area (Å²) in [6.45, 7) is 4.67. The number of hydrogen-bond donors (Lipinski definition) is 1. The summed E-state index contributed by atoms with van der Waals surface area (Å²) in [5.74, 6) is 0. The molecule has 0 amide bonds. The van der Waals surface area contributed by atoms with Crippen LogP contribution < -0.4 is 4.72 Å². The first-order valence-electron chi connectivity index (χ1n) is 4.39. The van der Waals surface area contributed by atoms with Crippen LogP contribution in [0.15, 0.2) is 0 Å². The van der Waals surface area contributed by atoms with Gasteiger partial charge in [-0.2, -0.15) is 0 Å². The summed E-state index contributed by atoms with van der Waals surface area (Å²) in [5.41, 5.74) is 0.0586. The number of sulfonamides is 1. The van der Waals surface area contributed by atoms with Crippen molar-refractivity contribution < 1.29 is 8.42 Å². The molecule has 0 saturated carbocycles. The molecule has 3 nitrogen and oxygen atoms in total. The minimum Gasteiger partial charge on any atom is -0.215 e. The van der Waals surface area contributed by atoms with Gasteiger partial charge >= 0.3 is 0 Å². The summed E-state index contributed by atoms with van der Waals surface area (Å²) in [5, 5.41) is 0.829. The van der Waals surface area contributed by atoms with E-state index in [1.54, 1.807) is 0 Å². The molecule has 1 N–H and O–H groups in total. The first kappa shape index (κ1) is 13.4. The maximum Gasteiger partial charge on any atom is 0.208 e. The van der Waals surface area contributed by atoms with Crippen molar-refractivity contribution in [2.24, 2.45) is 5.41 Å². The second-order valence-electron chi connectivity index (χ2n) is 3.43. The summed E-state index contributed by atoms with van der Waals surface area (Å²) in [6, 6.07) is 0. The van der Waals surface area contributed by atoms with Gasteiger partial charge in [0.1, 0.15) is 0 Å². The quantitative estimate of drug-likeness (QED) is 0.749. The van der Waals surface area contributed by atoms with Crippen molar-refractivity contribution in [2.75, 3.05) is 18.1 Å². The fraction of sp³-hybridized carbons (Fsp3) is 1.00. The highest BCUT2D eigenvalue weighted by Gasteiger charge is 2.25. The van der Waals surface area contributed by atoms with Gasteiger partial charge in [-0.1, -0.05) is 29.8 Å². The smallest absolute Gasteiger partial charge is 0.208 e. The van der Waals surface area contributed by atoms with E-state index >= 15 is 0 Å². The Morgan fingerprint density at radius 3 is 2.00 bits per heavy atom. The summed E-state index contributed by atoms with van der Waals surface area (Å²) < 4.78 is 24.4. The molecule has 5 heteroatoms. The first-order valence-corrected chi connectivity index (χ1v) is 7.41. The van der Waals surface area contributed by atoms with Crippen molar-refractivity contribution in [2.45, 2.75) is 26.7 Å². The monoisotopic (exact) mass is 271 g/mol. The average Bonchev–Trinajstić information content (AvgIpc) is 2.06. The van der Waals surface area contributed by atoms with Gasteiger partial charge in [-0.05, 0) is 18.3 Å². The molecule has 0 fully saturated rings. The third kappa shape index (κ3) is 4.98. The topological polar surface area (TPSA) is 46.2 Å². The zero-order valence-electron chi connectivity index (χ0n) is 8.43. The van der Waals surface area contributed by atoms with E-state index in [-0.39, 0.29) is 5.41 Å². The third-order valence-corrected chi connectivity index (χ3v) is 4.35. The number of rotatable bonds is 6. The van der Waals surface area contributed by atoms with Crippen molar-refractivity contribution in [3.8, 4) is 0 Å². The Labute approximate surface area is 89.5 Å². The van der Waals surface area contributed by atoms with Crippen LogP contribution in [0.1, 0.15) is 26.7 Å². The predicted molar refractivity (Wildman–Crippen MR) is 59.7 cm³/mol. The molecule has 0 aromatic rings. The van der Waals surface area contributed by atoms with Crippen molar-refractivity contribution in [3.05, 3.63) is 0 Å². The van der Waals surface area contributed by atoms with Crippen LogP contribution in [0.25, 0.3) is 0 Å². The van der Waals surface area contributed by atoms with E-state index in [0.29, 0.717) is 6.54 Å². The van der Waals surface area contributed by atoms with E-state index in [1.165, 1.54) is 6.26 Å². The van der Waals surface area contributed by atoms with Gasteiger partial charge in [0.05, 0.1) is 6.26 Å². The largest absolute Gasteiger partial charge is 0.215 e. The Morgan fingerprint density at radius 2 is 1.77 bits per heavy atom. The average molecular weight is 272 g/mol. The molecular weight excluding hydrogens is 254 g/mol. The molecule has 0 radical (unpaired) electrons. The minimum absolute atomic E-state index is 0.0586. The van der Waals surface area contributed by atoms with Crippen LogP contribution in [-0.4, -0.2) is 26.5 Å². The van der Waals surface area contributed by atoms with Crippen molar-refractivity contribution in [1.29, 1.82) is 0 Å². The van der Waals surface area contributed by atoms with Gasteiger partial charge in [-0.15, -0.1) is 0 Å². The lowest BCUT2D eigenvalue weighted by atomic mass is 9.85. The fourth-order valence-corrected chi connectivity index (χ4v) is 2.58. The van der Waals surface area contributed by atoms with Gasteiger partial charge in [0.25, 0.3) is 0 Å². The molecule has 0 spiro atoms.